The third-order valence-corrected chi connectivity index (χ3v) is 0.568. The lowest BCUT2D eigenvalue weighted by Crippen LogP contribution is -2.04. The van der Waals surface area contributed by atoms with E-state index >= 15 is 0 Å². The maximum absolute atomic E-state index is 7.56. The Hall–Kier alpha value is -0.0000000000000000833. The van der Waals surface area contributed by atoms with Gasteiger partial charge in [-0.25, -0.2) is 0 Å². The highest BCUT2D eigenvalue weighted by Gasteiger charge is 1.92. The Labute approximate surface area is 63.7 Å². The minimum atomic E-state index is -3.81. The Balaban J connectivity index is 0.000000162. The van der Waals surface area contributed by atoms with Crippen LogP contribution in [-0.2, 0) is 11.8 Å². The van der Waals surface area contributed by atoms with Crippen molar-refractivity contribution in [1.82, 2.24) is 5.32 Å². The van der Waals surface area contributed by atoms with Gasteiger partial charge in [-0.05, 0) is 11.8 Å². The van der Waals surface area contributed by atoms with Crippen molar-refractivity contribution in [2.45, 2.75) is 0 Å². The first-order valence-corrected chi connectivity index (χ1v) is 5.16. The van der Waals surface area contributed by atoms with Crippen LogP contribution in [0.25, 0.3) is 0 Å². The largest absolute Gasteiger partial charge is 0.375 e. The zero-order valence-electron chi connectivity index (χ0n) is 5.14. The van der Waals surface area contributed by atoms with Gasteiger partial charge < -0.3 is 20.0 Å². The number of hydrogen-bond acceptors (Lipinski definition) is 3. The zero-order chi connectivity index (χ0) is 8.04. The molecule has 4 N–H and O–H groups in total. The molecule has 0 spiro atoms. The smallest absolute Gasteiger partial charge is 0.319 e. The summed E-state index contributed by atoms with van der Waals surface area (Å²) < 4.78 is 0. The fourth-order valence-corrected chi connectivity index (χ4v) is 0.323. The lowest BCUT2D eigenvalue weighted by atomic mass is 10.7. The van der Waals surface area contributed by atoms with E-state index in [9.17, 15) is 0 Å². The van der Waals surface area contributed by atoms with E-state index in [0.717, 1.165) is 13.1 Å². The van der Waals surface area contributed by atoms with Crippen LogP contribution < -0.4 is 5.32 Å². The number of nitrogens with zero attached hydrogens (tertiary/aromatic N) is 1. The summed E-state index contributed by atoms with van der Waals surface area (Å²) in [4.78, 5) is 26.5. The molecule has 0 aromatic heterocycles. The molecule has 0 saturated heterocycles. The Morgan fingerprint density at radius 3 is 2.10 bits per heavy atom. The van der Waals surface area contributed by atoms with E-state index in [1.165, 1.54) is 0 Å². The normalized spacial score (nSPS) is 15.5. The van der Waals surface area contributed by atoms with Crippen LogP contribution >= 0.6 is 6.72 Å². The van der Waals surface area contributed by atoms with Gasteiger partial charge in [0.1, 0.15) is 0 Å². The highest BCUT2D eigenvalue weighted by Crippen LogP contribution is 2.26. The van der Waals surface area contributed by atoms with Crippen LogP contribution in [0, 0.1) is 0 Å². The molecule has 0 radical (unpaired) electrons. The fraction of sp³-hybridized carbons (Fsp3) is 0.667. The molecule has 0 fully saturated rings. The van der Waals surface area contributed by atoms with Crippen molar-refractivity contribution < 1.29 is 14.7 Å². The number of rotatable bonds is 0. The van der Waals surface area contributed by atoms with Crippen LogP contribution in [0.2, 0.25) is 0 Å². The average molecular weight is 184 g/mol. The van der Waals surface area contributed by atoms with Gasteiger partial charge in [0.2, 0.25) is 0 Å². The predicted molar refractivity (Wildman–Crippen MR) is 42.3 cm³/mol. The lowest BCUT2D eigenvalue weighted by Gasteiger charge is -1.88. The van der Waals surface area contributed by atoms with Gasteiger partial charge in [0.15, 0.2) is 0 Å². The van der Waals surface area contributed by atoms with E-state index in [-0.39, 0.29) is 0 Å². The van der Waals surface area contributed by atoms with Gasteiger partial charge >= 0.3 is 6.72 Å². The molecule has 60 valence electrons. The SMILES string of the molecule is C1=NCCN1.OP(O)(O)=S. The average Bonchev–Trinajstić information content (AvgIpc) is 2.07. The summed E-state index contributed by atoms with van der Waals surface area (Å²) in [5, 5.41) is 2.93. The van der Waals surface area contributed by atoms with Gasteiger partial charge in [-0.2, -0.15) is 0 Å². The van der Waals surface area contributed by atoms with E-state index in [1.807, 2.05) is 0 Å². The molecule has 0 aliphatic carbocycles. The molecule has 1 aliphatic heterocycles. The van der Waals surface area contributed by atoms with Crippen LogP contribution in [0.4, 0.5) is 0 Å². The van der Waals surface area contributed by atoms with Gasteiger partial charge in [0.05, 0.1) is 12.9 Å². The van der Waals surface area contributed by atoms with Crippen molar-refractivity contribution in [3.05, 3.63) is 0 Å². The molecule has 7 heteroatoms. The second-order valence-corrected chi connectivity index (χ2v) is 4.00. The summed E-state index contributed by atoms with van der Waals surface area (Å²) in [7, 11) is 0. The summed E-state index contributed by atoms with van der Waals surface area (Å²) in [5.41, 5.74) is 0. The summed E-state index contributed by atoms with van der Waals surface area (Å²) in [6.45, 7) is -1.82. The highest BCUT2D eigenvalue weighted by molar-refractivity contribution is 8.06. The first-order valence-electron chi connectivity index (χ1n) is 2.50. The third kappa shape index (κ3) is 15.7. The van der Waals surface area contributed by atoms with Crippen molar-refractivity contribution >= 4 is 24.9 Å². The lowest BCUT2D eigenvalue weighted by molar-refractivity contribution is 0.363. The Kier molecular flexibility index (Phi) is 4.76. The molecule has 0 atom stereocenters. The van der Waals surface area contributed by atoms with Crippen LogP contribution in [-0.4, -0.2) is 34.1 Å². The monoisotopic (exact) mass is 184 g/mol. The molecular weight excluding hydrogens is 175 g/mol. The molecule has 1 aliphatic rings. The Morgan fingerprint density at radius 2 is 2.00 bits per heavy atom. The maximum atomic E-state index is 7.56. The number of aliphatic imine (C=N–C) groups is 1. The molecule has 0 amide bonds. The topological polar surface area (TPSA) is 85.1 Å². The summed E-state index contributed by atoms with van der Waals surface area (Å²) >= 11 is 3.60. The second kappa shape index (κ2) is 4.76. The van der Waals surface area contributed by atoms with Crippen molar-refractivity contribution in [3.63, 3.8) is 0 Å². The molecule has 0 saturated carbocycles. The fourth-order valence-electron chi connectivity index (χ4n) is 0.323. The van der Waals surface area contributed by atoms with Gasteiger partial charge in [0.25, 0.3) is 0 Å². The van der Waals surface area contributed by atoms with E-state index in [0.29, 0.717) is 0 Å². The van der Waals surface area contributed by atoms with Gasteiger partial charge in [0, 0.05) is 6.54 Å². The van der Waals surface area contributed by atoms with Crippen LogP contribution in [0.15, 0.2) is 4.99 Å². The molecule has 0 bridgehead atoms. The number of hydrogen-bond donors (Lipinski definition) is 4. The van der Waals surface area contributed by atoms with E-state index < -0.39 is 6.72 Å². The minimum absolute atomic E-state index is 0.958. The summed E-state index contributed by atoms with van der Waals surface area (Å²) in [6.07, 6.45) is 1.74. The van der Waals surface area contributed by atoms with Crippen molar-refractivity contribution in [2.75, 3.05) is 13.1 Å². The summed E-state index contributed by atoms with van der Waals surface area (Å²) in [5.74, 6) is 0. The molecule has 1 heterocycles. The summed E-state index contributed by atoms with van der Waals surface area (Å²) in [6, 6.07) is 0. The molecule has 5 nitrogen and oxygen atoms in total. The molecule has 0 unspecified atom stereocenters. The van der Waals surface area contributed by atoms with Gasteiger partial charge in [-0.1, -0.05) is 0 Å². The highest BCUT2D eigenvalue weighted by atomic mass is 32.5. The molecular formula is C3H9N2O3PS. The van der Waals surface area contributed by atoms with E-state index in [2.05, 4.69) is 22.1 Å². The third-order valence-electron chi connectivity index (χ3n) is 0.568. The molecule has 1 rings (SSSR count). The maximum Gasteiger partial charge on any atom is 0.319 e. The van der Waals surface area contributed by atoms with Gasteiger partial charge in [-0.15, -0.1) is 0 Å². The Morgan fingerprint density at radius 1 is 1.50 bits per heavy atom. The number of nitrogens with one attached hydrogen (secondary N) is 1. The van der Waals surface area contributed by atoms with Crippen LogP contribution in [0.1, 0.15) is 0 Å². The molecule has 10 heavy (non-hydrogen) atoms. The first kappa shape index (κ1) is 10.0. The standard InChI is InChI=1S/C3H6N2.H3O3PS/c1-2-5-3-4-1;1-4(2,3)5/h3H,1-2H2,(H,4,5);(H3,1,2,3,5). The predicted octanol–water partition coefficient (Wildman–Crippen LogP) is -1.19. The van der Waals surface area contributed by atoms with Crippen molar-refractivity contribution in [1.29, 1.82) is 0 Å². The Bertz CT molecular complexity index is 142. The van der Waals surface area contributed by atoms with E-state index in [4.69, 9.17) is 14.7 Å². The van der Waals surface area contributed by atoms with Gasteiger partial charge in [-0.3, -0.25) is 4.99 Å². The zero-order valence-corrected chi connectivity index (χ0v) is 6.85. The first-order chi connectivity index (χ1) is 4.50. The van der Waals surface area contributed by atoms with Crippen molar-refractivity contribution in [3.8, 4) is 0 Å². The van der Waals surface area contributed by atoms with Crippen molar-refractivity contribution in [2.24, 2.45) is 4.99 Å². The van der Waals surface area contributed by atoms with Crippen LogP contribution in [0.5, 0.6) is 0 Å². The van der Waals surface area contributed by atoms with Crippen LogP contribution in [0.3, 0.4) is 0 Å². The minimum Gasteiger partial charge on any atom is -0.375 e. The molecule has 0 aromatic rings. The second-order valence-electron chi connectivity index (χ2n) is 1.50. The quantitative estimate of drug-likeness (QED) is 0.355. The molecule has 0 aromatic carbocycles. The van der Waals surface area contributed by atoms with E-state index in [1.54, 1.807) is 6.34 Å².